The summed E-state index contributed by atoms with van der Waals surface area (Å²) >= 11 is 1.33. The molecule has 0 unspecified atom stereocenters. The first-order valence-corrected chi connectivity index (χ1v) is 9.79. The molecule has 1 N–H and O–H groups in total. The van der Waals surface area contributed by atoms with E-state index in [2.05, 4.69) is 17.2 Å². The van der Waals surface area contributed by atoms with Crippen LogP contribution < -0.4 is 10.1 Å². The molecule has 0 saturated carbocycles. The smallest absolute Gasteiger partial charge is 0.257 e. The van der Waals surface area contributed by atoms with Crippen LogP contribution in [0.4, 0.5) is 9.52 Å². The van der Waals surface area contributed by atoms with Gasteiger partial charge in [0.05, 0.1) is 12.3 Å². The lowest BCUT2D eigenvalue weighted by molar-refractivity contribution is 0.102. The van der Waals surface area contributed by atoms with Gasteiger partial charge in [-0.3, -0.25) is 10.1 Å². The molecule has 1 amide bonds. The highest BCUT2D eigenvalue weighted by Gasteiger charge is 2.11. The molecule has 0 fully saturated rings. The molecule has 6 heteroatoms. The lowest BCUT2D eigenvalue weighted by Gasteiger charge is -2.07. The molecule has 0 spiro atoms. The van der Waals surface area contributed by atoms with Gasteiger partial charge < -0.3 is 4.74 Å². The van der Waals surface area contributed by atoms with E-state index in [1.807, 2.05) is 11.4 Å². The standard InChI is InChI=1S/C21H21FN2O2S/c1-2-3-4-12-26-18-7-5-6-16(13-18)20(25)24-21-23-19(14-27-21)15-8-10-17(22)11-9-15/h5-11,13-14H,2-4,12H2,1H3,(H,23,24,25). The molecule has 3 aromatic rings. The average molecular weight is 384 g/mol. The molecule has 0 aliphatic carbocycles. The van der Waals surface area contributed by atoms with E-state index in [4.69, 9.17) is 4.74 Å². The third-order valence-corrected chi connectivity index (χ3v) is 4.74. The summed E-state index contributed by atoms with van der Waals surface area (Å²) in [6.45, 7) is 2.79. The van der Waals surface area contributed by atoms with Crippen LogP contribution in [0.25, 0.3) is 11.3 Å². The molecule has 1 heterocycles. The lowest BCUT2D eigenvalue weighted by atomic mass is 10.2. The number of hydrogen-bond donors (Lipinski definition) is 1. The van der Waals surface area contributed by atoms with Crippen molar-refractivity contribution in [2.24, 2.45) is 0 Å². The Labute approximate surface area is 162 Å². The highest BCUT2D eigenvalue weighted by Crippen LogP contribution is 2.25. The molecular formula is C21H21FN2O2S. The predicted molar refractivity (Wildman–Crippen MR) is 107 cm³/mol. The van der Waals surface area contributed by atoms with Crippen LogP contribution in [0.3, 0.4) is 0 Å². The Bertz CT molecular complexity index is 893. The van der Waals surface area contributed by atoms with Crippen molar-refractivity contribution in [1.29, 1.82) is 0 Å². The number of nitrogens with one attached hydrogen (secondary N) is 1. The number of nitrogens with zero attached hydrogens (tertiary/aromatic N) is 1. The van der Waals surface area contributed by atoms with Crippen LogP contribution in [0.2, 0.25) is 0 Å². The van der Waals surface area contributed by atoms with Crippen LogP contribution in [0.5, 0.6) is 5.75 Å². The second-order valence-electron chi connectivity index (χ2n) is 6.08. The summed E-state index contributed by atoms with van der Waals surface area (Å²) in [5, 5.41) is 5.13. The van der Waals surface area contributed by atoms with E-state index >= 15 is 0 Å². The molecule has 1 aromatic heterocycles. The van der Waals surface area contributed by atoms with Crippen molar-refractivity contribution in [2.45, 2.75) is 26.2 Å². The molecule has 0 atom stereocenters. The van der Waals surface area contributed by atoms with Gasteiger partial charge in [0.15, 0.2) is 5.13 Å². The minimum Gasteiger partial charge on any atom is -0.494 e. The Morgan fingerprint density at radius 1 is 1.19 bits per heavy atom. The quantitative estimate of drug-likeness (QED) is 0.502. The van der Waals surface area contributed by atoms with Gasteiger partial charge in [0.25, 0.3) is 5.91 Å². The minimum atomic E-state index is -0.292. The molecule has 2 aromatic carbocycles. The lowest BCUT2D eigenvalue weighted by Crippen LogP contribution is -2.11. The van der Waals surface area contributed by atoms with Gasteiger partial charge >= 0.3 is 0 Å². The number of hydrogen-bond acceptors (Lipinski definition) is 4. The third kappa shape index (κ3) is 5.37. The number of rotatable bonds is 8. The van der Waals surface area contributed by atoms with Gasteiger partial charge in [0.2, 0.25) is 0 Å². The van der Waals surface area contributed by atoms with E-state index in [1.165, 1.54) is 23.5 Å². The highest BCUT2D eigenvalue weighted by molar-refractivity contribution is 7.14. The van der Waals surface area contributed by atoms with Crippen molar-refractivity contribution >= 4 is 22.4 Å². The minimum absolute atomic E-state index is 0.242. The summed E-state index contributed by atoms with van der Waals surface area (Å²) in [6.07, 6.45) is 3.26. The van der Waals surface area contributed by atoms with Crippen molar-refractivity contribution in [3.63, 3.8) is 0 Å². The maximum absolute atomic E-state index is 13.0. The normalized spacial score (nSPS) is 10.6. The number of anilines is 1. The number of carbonyl (C=O) groups excluding carboxylic acids is 1. The Morgan fingerprint density at radius 2 is 2.00 bits per heavy atom. The molecule has 4 nitrogen and oxygen atoms in total. The maximum atomic E-state index is 13.0. The Kier molecular flexibility index (Phi) is 6.54. The Morgan fingerprint density at radius 3 is 2.78 bits per heavy atom. The van der Waals surface area contributed by atoms with E-state index in [1.54, 1.807) is 30.3 Å². The van der Waals surface area contributed by atoms with Gasteiger partial charge in [-0.1, -0.05) is 25.8 Å². The van der Waals surface area contributed by atoms with Gasteiger partial charge in [-0.15, -0.1) is 11.3 Å². The third-order valence-electron chi connectivity index (χ3n) is 3.98. The summed E-state index contributed by atoms with van der Waals surface area (Å²) < 4.78 is 18.7. The van der Waals surface area contributed by atoms with Gasteiger partial charge in [-0.05, 0) is 48.9 Å². The zero-order valence-electron chi connectivity index (χ0n) is 15.1. The first kappa shape index (κ1) is 19.0. The highest BCUT2D eigenvalue weighted by atomic mass is 32.1. The number of ether oxygens (including phenoxy) is 1. The number of carbonyl (C=O) groups is 1. The molecular weight excluding hydrogens is 363 g/mol. The fraction of sp³-hybridized carbons (Fsp3) is 0.238. The van der Waals surface area contributed by atoms with Gasteiger partial charge in [0, 0.05) is 16.5 Å². The molecule has 0 saturated heterocycles. The van der Waals surface area contributed by atoms with Crippen molar-refractivity contribution in [1.82, 2.24) is 4.98 Å². The van der Waals surface area contributed by atoms with Gasteiger partial charge in [-0.2, -0.15) is 0 Å². The molecule has 140 valence electrons. The van der Waals surface area contributed by atoms with E-state index in [-0.39, 0.29) is 11.7 Å². The second-order valence-corrected chi connectivity index (χ2v) is 6.94. The molecule has 0 aliphatic heterocycles. The van der Waals surface area contributed by atoms with Crippen LogP contribution in [0, 0.1) is 5.82 Å². The number of halogens is 1. The largest absolute Gasteiger partial charge is 0.494 e. The maximum Gasteiger partial charge on any atom is 0.257 e. The van der Waals surface area contributed by atoms with Gasteiger partial charge in [-0.25, -0.2) is 9.37 Å². The van der Waals surface area contributed by atoms with Crippen molar-refractivity contribution in [3.05, 3.63) is 65.3 Å². The van der Waals surface area contributed by atoms with E-state index in [0.717, 1.165) is 24.8 Å². The van der Waals surface area contributed by atoms with E-state index in [9.17, 15) is 9.18 Å². The summed E-state index contributed by atoms with van der Waals surface area (Å²) in [7, 11) is 0. The van der Waals surface area contributed by atoms with Crippen molar-refractivity contribution in [3.8, 4) is 17.0 Å². The second kappa shape index (κ2) is 9.28. The summed E-state index contributed by atoms with van der Waals surface area (Å²) in [5.74, 6) is 0.151. The predicted octanol–water partition coefficient (Wildman–Crippen LogP) is 5.77. The number of thiazole rings is 1. The van der Waals surface area contributed by atoms with Gasteiger partial charge in [0.1, 0.15) is 11.6 Å². The van der Waals surface area contributed by atoms with Crippen molar-refractivity contribution in [2.75, 3.05) is 11.9 Å². The summed E-state index contributed by atoms with van der Waals surface area (Å²) in [4.78, 5) is 16.9. The average Bonchev–Trinajstić information content (AvgIpc) is 3.14. The fourth-order valence-electron chi connectivity index (χ4n) is 2.52. The molecule has 0 aliphatic rings. The van der Waals surface area contributed by atoms with Crippen LogP contribution in [0.1, 0.15) is 36.5 Å². The van der Waals surface area contributed by atoms with Crippen LogP contribution in [0.15, 0.2) is 53.9 Å². The Hall–Kier alpha value is -2.73. The Balaban J connectivity index is 1.63. The first-order chi connectivity index (χ1) is 13.2. The molecule has 27 heavy (non-hydrogen) atoms. The van der Waals surface area contributed by atoms with E-state index < -0.39 is 0 Å². The summed E-state index contributed by atoms with van der Waals surface area (Å²) in [5.41, 5.74) is 2.01. The topological polar surface area (TPSA) is 51.2 Å². The number of amides is 1. The molecule has 0 radical (unpaired) electrons. The first-order valence-electron chi connectivity index (χ1n) is 8.91. The number of unbranched alkanes of at least 4 members (excludes halogenated alkanes) is 2. The van der Waals surface area contributed by atoms with Crippen molar-refractivity contribution < 1.29 is 13.9 Å². The van der Waals surface area contributed by atoms with Crippen LogP contribution in [-0.2, 0) is 0 Å². The molecule has 3 rings (SSSR count). The summed E-state index contributed by atoms with van der Waals surface area (Å²) in [6, 6.07) is 13.2. The number of benzene rings is 2. The van der Waals surface area contributed by atoms with Crippen LogP contribution in [-0.4, -0.2) is 17.5 Å². The zero-order chi connectivity index (χ0) is 19.1. The van der Waals surface area contributed by atoms with Crippen LogP contribution >= 0.6 is 11.3 Å². The van der Waals surface area contributed by atoms with E-state index in [0.29, 0.717) is 28.7 Å². The monoisotopic (exact) mass is 384 g/mol. The SMILES string of the molecule is CCCCCOc1cccc(C(=O)Nc2nc(-c3ccc(F)cc3)cs2)c1. The zero-order valence-corrected chi connectivity index (χ0v) is 15.9. The fourth-order valence-corrected chi connectivity index (χ4v) is 3.24. The molecule has 0 bridgehead atoms. The number of aromatic nitrogens is 1.